The van der Waals surface area contributed by atoms with Crippen molar-refractivity contribution in [1.82, 2.24) is 4.90 Å². The molecule has 0 fully saturated rings. The summed E-state index contributed by atoms with van der Waals surface area (Å²) in [5, 5.41) is 17.7. The van der Waals surface area contributed by atoms with E-state index in [0.29, 0.717) is 6.61 Å². The van der Waals surface area contributed by atoms with Crippen LogP contribution in [-0.2, 0) is 17.8 Å². The van der Waals surface area contributed by atoms with Gasteiger partial charge in [-0.25, -0.2) is 0 Å². The van der Waals surface area contributed by atoms with E-state index in [0.717, 1.165) is 24.8 Å². The molecule has 0 aliphatic heterocycles. The summed E-state index contributed by atoms with van der Waals surface area (Å²) < 4.78 is 5.54. The highest BCUT2D eigenvalue weighted by molar-refractivity contribution is 5.70. The predicted octanol–water partition coefficient (Wildman–Crippen LogP) is 2.88. The van der Waals surface area contributed by atoms with Gasteiger partial charge in [-0.2, -0.15) is 0 Å². The van der Waals surface area contributed by atoms with Crippen LogP contribution in [0.4, 0.5) is 0 Å². The maximum atomic E-state index is 9.68. The molecule has 0 aromatic heterocycles. The van der Waals surface area contributed by atoms with Gasteiger partial charge in [0.15, 0.2) is 0 Å². The standard InChI is InChI=1S/C19H31N3O2/c1-5-6-7-8-15-9-11-16(12-10-15)13-24-19(21)22(4)17(14(2)3)18(20)23/h5,9-12,14,17-18,21,23H,1,6-8,13,20H2,2-4H3. The van der Waals surface area contributed by atoms with Crippen molar-refractivity contribution >= 4 is 6.02 Å². The quantitative estimate of drug-likeness (QED) is 0.213. The zero-order valence-corrected chi connectivity index (χ0v) is 15.0. The van der Waals surface area contributed by atoms with Crippen molar-refractivity contribution in [3.8, 4) is 0 Å². The highest BCUT2D eigenvalue weighted by Gasteiger charge is 2.26. The van der Waals surface area contributed by atoms with E-state index in [4.69, 9.17) is 15.9 Å². The van der Waals surface area contributed by atoms with E-state index < -0.39 is 6.23 Å². The lowest BCUT2D eigenvalue weighted by atomic mass is 10.0. The number of ether oxygens (including phenoxy) is 1. The van der Waals surface area contributed by atoms with Gasteiger partial charge in [0.1, 0.15) is 12.8 Å². The molecule has 24 heavy (non-hydrogen) atoms. The molecule has 0 saturated heterocycles. The number of hydrogen-bond acceptors (Lipinski definition) is 4. The van der Waals surface area contributed by atoms with Crippen LogP contribution in [0.25, 0.3) is 0 Å². The highest BCUT2D eigenvalue weighted by atomic mass is 16.5. The zero-order chi connectivity index (χ0) is 18.1. The number of aliphatic hydroxyl groups is 1. The van der Waals surface area contributed by atoms with Crippen molar-refractivity contribution in [2.24, 2.45) is 11.7 Å². The summed E-state index contributed by atoms with van der Waals surface area (Å²) >= 11 is 0. The van der Waals surface area contributed by atoms with E-state index in [9.17, 15) is 5.11 Å². The van der Waals surface area contributed by atoms with Gasteiger partial charge in [-0.1, -0.05) is 44.2 Å². The van der Waals surface area contributed by atoms with E-state index in [1.54, 1.807) is 11.9 Å². The highest BCUT2D eigenvalue weighted by Crippen LogP contribution is 2.13. The summed E-state index contributed by atoms with van der Waals surface area (Å²) in [6.07, 6.45) is 4.09. The second-order valence-corrected chi connectivity index (χ2v) is 6.43. The maximum Gasteiger partial charge on any atom is 0.284 e. The van der Waals surface area contributed by atoms with Gasteiger partial charge in [-0.3, -0.25) is 5.41 Å². The molecular weight excluding hydrogens is 302 g/mol. The molecule has 0 aliphatic carbocycles. The topological polar surface area (TPSA) is 82.6 Å². The lowest BCUT2D eigenvalue weighted by molar-refractivity contribution is 0.0576. The summed E-state index contributed by atoms with van der Waals surface area (Å²) in [5.41, 5.74) is 7.91. The number of nitrogens with one attached hydrogen (secondary N) is 1. The van der Waals surface area contributed by atoms with Crippen LogP contribution < -0.4 is 5.73 Å². The number of likely N-dealkylation sites (N-methyl/N-ethyl adjacent to an activating group) is 1. The fourth-order valence-corrected chi connectivity index (χ4v) is 2.71. The number of nitrogens with zero attached hydrogens (tertiary/aromatic N) is 1. The van der Waals surface area contributed by atoms with Gasteiger partial charge in [-0.15, -0.1) is 6.58 Å². The first-order valence-corrected chi connectivity index (χ1v) is 8.43. The maximum absolute atomic E-state index is 9.68. The van der Waals surface area contributed by atoms with Crippen LogP contribution in [0.15, 0.2) is 36.9 Å². The molecule has 5 nitrogen and oxygen atoms in total. The number of benzene rings is 1. The normalized spacial score (nSPS) is 13.4. The summed E-state index contributed by atoms with van der Waals surface area (Å²) in [5.74, 6) is 0.105. The monoisotopic (exact) mass is 333 g/mol. The minimum atomic E-state index is -1.02. The van der Waals surface area contributed by atoms with Crippen LogP contribution in [0, 0.1) is 11.3 Å². The van der Waals surface area contributed by atoms with Crippen LogP contribution in [0.5, 0.6) is 0 Å². The van der Waals surface area contributed by atoms with Gasteiger partial charge in [-0.05, 0) is 36.3 Å². The number of allylic oxidation sites excluding steroid dienone is 1. The number of aliphatic hydroxyl groups excluding tert-OH is 1. The third-order valence-electron chi connectivity index (χ3n) is 4.07. The largest absolute Gasteiger partial charge is 0.460 e. The summed E-state index contributed by atoms with van der Waals surface area (Å²) in [7, 11) is 1.71. The molecule has 2 atom stereocenters. The summed E-state index contributed by atoms with van der Waals surface area (Å²) in [6.45, 7) is 7.96. The van der Waals surface area contributed by atoms with E-state index >= 15 is 0 Å². The molecule has 1 rings (SSSR count). The van der Waals surface area contributed by atoms with Crippen molar-refractivity contribution in [3.63, 3.8) is 0 Å². The molecule has 0 spiro atoms. The van der Waals surface area contributed by atoms with Gasteiger partial charge in [0.2, 0.25) is 0 Å². The van der Waals surface area contributed by atoms with Crippen molar-refractivity contribution in [3.05, 3.63) is 48.0 Å². The molecule has 0 aliphatic rings. The number of aryl methyl sites for hydroxylation is 1. The van der Waals surface area contributed by atoms with Crippen molar-refractivity contribution < 1.29 is 9.84 Å². The number of hydrogen-bond donors (Lipinski definition) is 3. The smallest absolute Gasteiger partial charge is 0.284 e. The van der Waals surface area contributed by atoms with E-state index in [2.05, 4.69) is 18.7 Å². The second-order valence-electron chi connectivity index (χ2n) is 6.43. The minimum absolute atomic E-state index is 0.00765. The number of nitrogens with two attached hydrogens (primary N) is 1. The van der Waals surface area contributed by atoms with Gasteiger partial charge < -0.3 is 20.5 Å². The molecule has 4 N–H and O–H groups in total. The van der Waals surface area contributed by atoms with E-state index in [-0.39, 0.29) is 18.0 Å². The second kappa shape index (κ2) is 10.1. The Hall–Kier alpha value is -1.85. The Labute approximate surface area is 145 Å². The van der Waals surface area contributed by atoms with Crippen molar-refractivity contribution in [2.75, 3.05) is 7.05 Å². The molecule has 0 bridgehead atoms. The molecule has 1 aromatic carbocycles. The molecule has 0 amide bonds. The van der Waals surface area contributed by atoms with Crippen LogP contribution in [0.3, 0.4) is 0 Å². The fourth-order valence-electron chi connectivity index (χ4n) is 2.71. The number of amidine groups is 1. The lowest BCUT2D eigenvalue weighted by Crippen LogP contribution is -2.51. The number of rotatable bonds is 9. The summed E-state index contributed by atoms with van der Waals surface area (Å²) in [4.78, 5) is 1.58. The third-order valence-corrected chi connectivity index (χ3v) is 4.07. The van der Waals surface area contributed by atoms with Crippen molar-refractivity contribution in [2.45, 2.75) is 52.0 Å². The Kier molecular flexibility index (Phi) is 8.50. The first-order chi connectivity index (χ1) is 11.4. The van der Waals surface area contributed by atoms with Gasteiger partial charge in [0, 0.05) is 7.05 Å². The van der Waals surface area contributed by atoms with Gasteiger partial charge in [0.05, 0.1) is 6.04 Å². The summed E-state index contributed by atoms with van der Waals surface area (Å²) in [6, 6.07) is 7.88. The Morgan fingerprint density at radius 1 is 1.33 bits per heavy atom. The molecule has 1 aromatic rings. The average Bonchev–Trinajstić information content (AvgIpc) is 2.53. The Morgan fingerprint density at radius 2 is 1.92 bits per heavy atom. The Balaban J connectivity index is 2.52. The van der Waals surface area contributed by atoms with Crippen molar-refractivity contribution in [1.29, 1.82) is 5.41 Å². The first-order valence-electron chi connectivity index (χ1n) is 8.43. The molecule has 0 saturated carbocycles. The Bertz CT molecular complexity index is 504. The van der Waals surface area contributed by atoms with Crippen LogP contribution >= 0.6 is 0 Å². The third kappa shape index (κ3) is 6.34. The zero-order valence-electron chi connectivity index (χ0n) is 15.0. The van der Waals surface area contributed by atoms with Crippen LogP contribution in [-0.4, -0.2) is 35.3 Å². The van der Waals surface area contributed by atoms with Gasteiger partial charge >= 0.3 is 0 Å². The van der Waals surface area contributed by atoms with Gasteiger partial charge in [0.25, 0.3) is 6.02 Å². The molecule has 2 unspecified atom stereocenters. The van der Waals surface area contributed by atoms with Crippen LogP contribution in [0.1, 0.15) is 37.8 Å². The fraction of sp³-hybridized carbons (Fsp3) is 0.526. The molecule has 5 heteroatoms. The molecule has 0 heterocycles. The Morgan fingerprint density at radius 3 is 2.42 bits per heavy atom. The minimum Gasteiger partial charge on any atom is -0.460 e. The molecule has 0 radical (unpaired) electrons. The first kappa shape index (κ1) is 20.2. The predicted molar refractivity (Wildman–Crippen MR) is 98.7 cm³/mol. The average molecular weight is 333 g/mol. The molecular formula is C19H31N3O2. The van der Waals surface area contributed by atoms with Crippen LogP contribution in [0.2, 0.25) is 0 Å². The van der Waals surface area contributed by atoms with E-state index in [1.165, 1.54) is 5.56 Å². The lowest BCUT2D eigenvalue weighted by Gasteiger charge is -2.33. The van der Waals surface area contributed by atoms with E-state index in [1.807, 2.05) is 32.1 Å². The molecule has 134 valence electrons. The number of unbranched alkanes of at least 4 members (excludes halogenated alkanes) is 1. The SMILES string of the molecule is C=CCCCc1ccc(COC(=N)N(C)C(C(C)C)C(N)O)cc1.